The average molecular weight is 411 g/mol. The van der Waals surface area contributed by atoms with Crippen LogP contribution in [0.25, 0.3) is 0 Å². The number of unbranched alkanes of at least 4 members (excludes halogenated alkanes) is 11. The molecule has 4 nitrogen and oxygen atoms in total. The molecule has 0 aromatic carbocycles. The fourth-order valence-electron chi connectivity index (χ4n) is 3.54. The second kappa shape index (κ2) is 17.9. The van der Waals surface area contributed by atoms with Gasteiger partial charge in [0.1, 0.15) is 6.10 Å². The fourth-order valence-corrected chi connectivity index (χ4v) is 3.54. The second-order valence-electron chi connectivity index (χ2n) is 8.73. The number of esters is 1. The fraction of sp³-hybridized carbons (Fsp3) is 0.880. The zero-order valence-electron chi connectivity index (χ0n) is 19.3. The third kappa shape index (κ3) is 14.7. The summed E-state index contributed by atoms with van der Waals surface area (Å²) in [6.45, 7) is 7.27. The maximum atomic E-state index is 11.9. The minimum atomic E-state index is -0.247. The van der Waals surface area contributed by atoms with E-state index in [2.05, 4.69) is 32.9 Å². The lowest BCUT2D eigenvalue weighted by atomic mass is 10.1. The number of allylic oxidation sites excluding steroid dienone is 2. The Morgan fingerprint density at radius 1 is 0.862 bits per heavy atom. The Kier molecular flexibility index (Phi) is 16.2. The zero-order chi connectivity index (χ0) is 21.2. The Labute approximate surface area is 179 Å². The molecular weight excluding hydrogens is 364 g/mol. The minimum absolute atomic E-state index is 0.118. The van der Waals surface area contributed by atoms with E-state index in [1.54, 1.807) is 0 Å². The first-order valence-corrected chi connectivity index (χ1v) is 12.2. The van der Waals surface area contributed by atoms with Gasteiger partial charge in [-0.3, -0.25) is 4.79 Å². The molecule has 1 heterocycles. The largest absolute Gasteiger partial charge is 0.457 e. The molecule has 0 bridgehead atoms. The molecule has 0 N–H and O–H groups in total. The monoisotopic (exact) mass is 410 g/mol. The smallest absolute Gasteiger partial charge is 0.306 e. The highest BCUT2D eigenvalue weighted by Gasteiger charge is 2.26. The van der Waals surface area contributed by atoms with Crippen molar-refractivity contribution in [1.29, 1.82) is 0 Å². The van der Waals surface area contributed by atoms with E-state index >= 15 is 0 Å². The number of ether oxygens (including phenoxy) is 3. The Morgan fingerprint density at radius 3 is 1.93 bits per heavy atom. The molecular formula is C25H46O4. The Hall–Kier alpha value is -0.870. The molecule has 29 heavy (non-hydrogen) atoms. The van der Waals surface area contributed by atoms with Crippen molar-refractivity contribution in [2.45, 2.75) is 123 Å². The second-order valence-corrected chi connectivity index (χ2v) is 8.73. The van der Waals surface area contributed by atoms with Gasteiger partial charge in [-0.05, 0) is 32.1 Å². The molecule has 0 spiro atoms. The van der Waals surface area contributed by atoms with Crippen LogP contribution in [0.1, 0.15) is 111 Å². The lowest BCUT2D eigenvalue weighted by molar-refractivity contribution is -0.239. The first-order valence-electron chi connectivity index (χ1n) is 12.2. The molecule has 170 valence electrons. The summed E-state index contributed by atoms with van der Waals surface area (Å²) in [6, 6.07) is 0. The maximum absolute atomic E-state index is 11.9. The van der Waals surface area contributed by atoms with Gasteiger partial charge in [0.25, 0.3) is 0 Å². The summed E-state index contributed by atoms with van der Waals surface area (Å²) in [4.78, 5) is 11.9. The summed E-state index contributed by atoms with van der Waals surface area (Å²) < 4.78 is 16.6. The van der Waals surface area contributed by atoms with E-state index in [1.165, 1.54) is 70.6 Å². The molecule has 1 rings (SSSR count). The van der Waals surface area contributed by atoms with Gasteiger partial charge in [-0.2, -0.15) is 0 Å². The van der Waals surface area contributed by atoms with Gasteiger partial charge in [-0.1, -0.05) is 84.3 Å². The first-order chi connectivity index (χ1) is 14.1. The third-order valence-corrected chi connectivity index (χ3v) is 5.38. The van der Waals surface area contributed by atoms with E-state index in [9.17, 15) is 4.79 Å². The molecule has 0 atom stereocenters. The molecule has 0 aliphatic carbocycles. The molecule has 1 aliphatic heterocycles. The average Bonchev–Trinajstić information content (AvgIpc) is 2.71. The summed E-state index contributed by atoms with van der Waals surface area (Å²) in [5.41, 5.74) is 0. The van der Waals surface area contributed by atoms with E-state index in [0.717, 1.165) is 12.8 Å². The quantitative estimate of drug-likeness (QED) is 0.148. The number of hydrogen-bond acceptors (Lipinski definition) is 4. The van der Waals surface area contributed by atoms with Gasteiger partial charge in [0.05, 0.1) is 13.2 Å². The molecule has 0 aromatic heterocycles. The van der Waals surface area contributed by atoms with Crippen LogP contribution in [0.2, 0.25) is 0 Å². The van der Waals surface area contributed by atoms with Crippen molar-refractivity contribution in [3.8, 4) is 0 Å². The Morgan fingerprint density at radius 2 is 1.38 bits per heavy atom. The van der Waals surface area contributed by atoms with Crippen LogP contribution in [0, 0.1) is 5.92 Å². The van der Waals surface area contributed by atoms with Crippen LogP contribution in [0.15, 0.2) is 12.2 Å². The van der Waals surface area contributed by atoms with Crippen molar-refractivity contribution in [3.05, 3.63) is 12.2 Å². The van der Waals surface area contributed by atoms with Crippen molar-refractivity contribution in [3.63, 3.8) is 0 Å². The first kappa shape index (κ1) is 26.2. The number of hydrogen-bond donors (Lipinski definition) is 0. The lowest BCUT2D eigenvalue weighted by Gasteiger charge is -2.31. The van der Waals surface area contributed by atoms with Crippen LogP contribution in [0.3, 0.4) is 0 Å². The summed E-state index contributed by atoms with van der Waals surface area (Å²) >= 11 is 0. The molecule has 0 saturated carbocycles. The molecule has 1 saturated heterocycles. The van der Waals surface area contributed by atoms with Crippen molar-refractivity contribution in [1.82, 2.24) is 0 Å². The predicted molar refractivity (Wildman–Crippen MR) is 120 cm³/mol. The number of carbonyl (C=O) groups excluding carboxylic acids is 1. The van der Waals surface area contributed by atoms with Gasteiger partial charge in [0.15, 0.2) is 6.29 Å². The van der Waals surface area contributed by atoms with Crippen LogP contribution in [0.5, 0.6) is 0 Å². The van der Waals surface area contributed by atoms with Gasteiger partial charge in [0, 0.05) is 12.3 Å². The van der Waals surface area contributed by atoms with Gasteiger partial charge in [-0.15, -0.1) is 0 Å². The summed E-state index contributed by atoms with van der Waals surface area (Å²) in [7, 11) is 0. The molecule has 0 amide bonds. The Balaban J connectivity index is 1.83. The molecule has 4 heteroatoms. The highest BCUT2D eigenvalue weighted by Crippen LogP contribution is 2.16. The van der Waals surface area contributed by atoms with Gasteiger partial charge in [-0.25, -0.2) is 0 Å². The Bertz CT molecular complexity index is 411. The standard InChI is InChI=1S/C25H46O4/c1-4-5-6-7-8-9-10-11-12-13-14-15-16-17-18-19-24(26)29-23-20-27-25(22(2)3)28-21-23/h8-9,22-23,25H,4-7,10-21H2,1-3H3. The molecule has 1 aliphatic rings. The van der Waals surface area contributed by atoms with Crippen LogP contribution >= 0.6 is 0 Å². The lowest BCUT2D eigenvalue weighted by Crippen LogP contribution is -2.40. The highest BCUT2D eigenvalue weighted by atomic mass is 16.7. The molecule has 0 unspecified atom stereocenters. The SMILES string of the molecule is CCCCCC=CCCCCCCCCCCC(=O)OC1COC(C(C)C)OC1. The van der Waals surface area contributed by atoms with E-state index in [0.29, 0.717) is 25.6 Å². The summed E-state index contributed by atoms with van der Waals surface area (Å²) in [6.07, 6.45) is 21.2. The molecule has 0 radical (unpaired) electrons. The van der Waals surface area contributed by atoms with Crippen LogP contribution in [-0.4, -0.2) is 31.6 Å². The third-order valence-electron chi connectivity index (χ3n) is 5.38. The molecule has 0 aromatic rings. The van der Waals surface area contributed by atoms with Crippen molar-refractivity contribution in [2.24, 2.45) is 5.92 Å². The van der Waals surface area contributed by atoms with Crippen molar-refractivity contribution >= 4 is 5.97 Å². The van der Waals surface area contributed by atoms with Gasteiger partial charge < -0.3 is 14.2 Å². The van der Waals surface area contributed by atoms with E-state index in [1.807, 2.05) is 0 Å². The minimum Gasteiger partial charge on any atom is -0.457 e. The van der Waals surface area contributed by atoms with Crippen LogP contribution in [0.4, 0.5) is 0 Å². The van der Waals surface area contributed by atoms with Gasteiger partial charge >= 0.3 is 5.97 Å². The normalized spacial score (nSPS) is 19.9. The van der Waals surface area contributed by atoms with E-state index in [4.69, 9.17) is 14.2 Å². The predicted octanol–water partition coefficient (Wildman–Crippen LogP) is 6.96. The number of carbonyl (C=O) groups is 1. The van der Waals surface area contributed by atoms with Crippen LogP contribution in [-0.2, 0) is 19.0 Å². The van der Waals surface area contributed by atoms with Crippen LogP contribution < -0.4 is 0 Å². The molecule has 1 fully saturated rings. The highest BCUT2D eigenvalue weighted by molar-refractivity contribution is 5.69. The summed E-state index contributed by atoms with van der Waals surface area (Å²) in [5, 5.41) is 0. The summed E-state index contributed by atoms with van der Waals surface area (Å²) in [5.74, 6) is 0.205. The van der Waals surface area contributed by atoms with Gasteiger partial charge in [0.2, 0.25) is 0 Å². The zero-order valence-corrected chi connectivity index (χ0v) is 19.3. The topological polar surface area (TPSA) is 44.8 Å². The van der Waals surface area contributed by atoms with E-state index < -0.39 is 0 Å². The van der Waals surface area contributed by atoms with Crippen molar-refractivity contribution in [2.75, 3.05) is 13.2 Å². The van der Waals surface area contributed by atoms with Crippen molar-refractivity contribution < 1.29 is 19.0 Å². The number of rotatable bonds is 17. The maximum Gasteiger partial charge on any atom is 0.306 e. The van der Waals surface area contributed by atoms with E-state index in [-0.39, 0.29) is 18.4 Å².